The second-order valence-corrected chi connectivity index (χ2v) is 4.50. The molecule has 1 aliphatic heterocycles. The molecule has 0 spiro atoms. The molecule has 0 amide bonds. The summed E-state index contributed by atoms with van der Waals surface area (Å²) >= 11 is 0. The number of hydrogen-bond acceptors (Lipinski definition) is 2. The van der Waals surface area contributed by atoms with Crippen molar-refractivity contribution in [3.05, 3.63) is 35.4 Å². The van der Waals surface area contributed by atoms with E-state index >= 15 is 0 Å². The highest BCUT2D eigenvalue weighted by atomic mass is 16.4. The van der Waals surface area contributed by atoms with Crippen LogP contribution < -0.4 is 5.32 Å². The number of aromatic carboxylic acids is 1. The summed E-state index contributed by atoms with van der Waals surface area (Å²) in [6.07, 6.45) is 1.19. The Hall–Kier alpha value is -1.35. The molecule has 16 heavy (non-hydrogen) atoms. The zero-order valence-corrected chi connectivity index (χ0v) is 9.44. The molecule has 0 aromatic heterocycles. The highest BCUT2D eigenvalue weighted by Gasteiger charge is 2.22. The number of rotatable bonds is 2. The van der Waals surface area contributed by atoms with E-state index in [0.717, 1.165) is 13.1 Å². The van der Waals surface area contributed by atoms with Gasteiger partial charge in [0.2, 0.25) is 0 Å². The summed E-state index contributed by atoms with van der Waals surface area (Å²) in [6, 6.07) is 7.27. The van der Waals surface area contributed by atoms with E-state index in [2.05, 4.69) is 12.2 Å². The maximum atomic E-state index is 10.7. The zero-order chi connectivity index (χ0) is 11.5. The van der Waals surface area contributed by atoms with E-state index in [0.29, 0.717) is 17.4 Å². The normalized spacial score (nSPS) is 25.3. The smallest absolute Gasteiger partial charge is 0.335 e. The third-order valence-corrected chi connectivity index (χ3v) is 3.41. The lowest BCUT2D eigenvalue weighted by molar-refractivity contribution is 0.0697. The van der Waals surface area contributed by atoms with Gasteiger partial charge in [-0.25, -0.2) is 4.79 Å². The van der Waals surface area contributed by atoms with E-state index in [9.17, 15) is 4.79 Å². The first kappa shape index (κ1) is 11.1. The van der Waals surface area contributed by atoms with Crippen LogP contribution in [0.2, 0.25) is 0 Å². The van der Waals surface area contributed by atoms with Gasteiger partial charge in [0, 0.05) is 6.54 Å². The number of nitrogens with one attached hydrogen (secondary N) is 1. The van der Waals surface area contributed by atoms with Crippen LogP contribution in [-0.2, 0) is 0 Å². The van der Waals surface area contributed by atoms with E-state index < -0.39 is 5.97 Å². The molecule has 3 nitrogen and oxygen atoms in total. The number of benzene rings is 1. The molecule has 1 aliphatic rings. The summed E-state index contributed by atoms with van der Waals surface area (Å²) < 4.78 is 0. The summed E-state index contributed by atoms with van der Waals surface area (Å²) in [5.74, 6) is 0.315. The number of piperidine rings is 1. The van der Waals surface area contributed by atoms with Crippen molar-refractivity contribution in [1.82, 2.24) is 5.32 Å². The first-order chi connectivity index (χ1) is 7.68. The van der Waals surface area contributed by atoms with Crippen molar-refractivity contribution in [2.75, 3.05) is 13.1 Å². The molecule has 0 radical (unpaired) electrons. The molecule has 0 saturated carbocycles. The summed E-state index contributed by atoms with van der Waals surface area (Å²) in [6.45, 7) is 4.34. The van der Waals surface area contributed by atoms with E-state index in [1.807, 2.05) is 12.1 Å². The van der Waals surface area contributed by atoms with Gasteiger partial charge >= 0.3 is 5.97 Å². The van der Waals surface area contributed by atoms with Crippen molar-refractivity contribution in [3.8, 4) is 0 Å². The van der Waals surface area contributed by atoms with Gasteiger partial charge in [0.15, 0.2) is 0 Å². The van der Waals surface area contributed by atoms with Crippen LogP contribution in [0.25, 0.3) is 0 Å². The minimum absolute atomic E-state index is 0.361. The Morgan fingerprint density at radius 1 is 1.38 bits per heavy atom. The molecule has 1 saturated heterocycles. The Morgan fingerprint density at radius 2 is 2.06 bits per heavy atom. The summed E-state index contributed by atoms with van der Waals surface area (Å²) in [4.78, 5) is 10.7. The summed E-state index contributed by atoms with van der Waals surface area (Å²) in [7, 11) is 0. The van der Waals surface area contributed by atoms with Crippen molar-refractivity contribution in [2.45, 2.75) is 19.3 Å². The Bertz CT molecular complexity index is 372. The fourth-order valence-corrected chi connectivity index (χ4v) is 2.31. The van der Waals surface area contributed by atoms with Gasteiger partial charge in [-0.2, -0.15) is 0 Å². The van der Waals surface area contributed by atoms with Gasteiger partial charge in [-0.3, -0.25) is 0 Å². The zero-order valence-electron chi connectivity index (χ0n) is 9.44. The number of carbonyl (C=O) groups is 1. The van der Waals surface area contributed by atoms with E-state index in [1.54, 1.807) is 12.1 Å². The maximum Gasteiger partial charge on any atom is 0.335 e. The van der Waals surface area contributed by atoms with E-state index in [4.69, 9.17) is 5.11 Å². The molecule has 2 atom stereocenters. The van der Waals surface area contributed by atoms with Crippen LogP contribution >= 0.6 is 0 Å². The third kappa shape index (κ3) is 2.25. The Kier molecular flexibility index (Phi) is 3.25. The lowest BCUT2D eigenvalue weighted by Crippen LogP contribution is -2.33. The van der Waals surface area contributed by atoms with Crippen LogP contribution in [0.3, 0.4) is 0 Å². The minimum atomic E-state index is -0.860. The lowest BCUT2D eigenvalue weighted by Gasteiger charge is -2.29. The summed E-state index contributed by atoms with van der Waals surface area (Å²) in [5.41, 5.74) is 1.60. The monoisotopic (exact) mass is 219 g/mol. The third-order valence-electron chi connectivity index (χ3n) is 3.41. The lowest BCUT2D eigenvalue weighted by atomic mass is 9.82. The van der Waals surface area contributed by atoms with Crippen LogP contribution in [-0.4, -0.2) is 24.2 Å². The quantitative estimate of drug-likeness (QED) is 0.800. The number of carboxylic acids is 1. The van der Waals surface area contributed by atoms with Crippen molar-refractivity contribution >= 4 is 5.97 Å². The average molecular weight is 219 g/mol. The molecule has 3 heteroatoms. The Balaban J connectivity index is 2.17. The maximum absolute atomic E-state index is 10.7. The van der Waals surface area contributed by atoms with Gasteiger partial charge in [0.1, 0.15) is 0 Å². The van der Waals surface area contributed by atoms with Crippen LogP contribution in [0.15, 0.2) is 24.3 Å². The standard InChI is InChI=1S/C13H17NO2/c1-9-6-7-14-8-12(9)10-2-4-11(5-3-10)13(15)16/h2-5,9,12,14H,6-8H2,1H3,(H,15,16). The number of carboxylic acid groups (broad SMARTS) is 1. The largest absolute Gasteiger partial charge is 0.478 e. The molecule has 1 aromatic rings. The molecule has 86 valence electrons. The highest BCUT2D eigenvalue weighted by Crippen LogP contribution is 2.28. The van der Waals surface area contributed by atoms with Gasteiger partial charge in [-0.1, -0.05) is 19.1 Å². The van der Waals surface area contributed by atoms with Crippen LogP contribution in [0.4, 0.5) is 0 Å². The molecular formula is C13H17NO2. The van der Waals surface area contributed by atoms with Crippen molar-refractivity contribution in [1.29, 1.82) is 0 Å². The Morgan fingerprint density at radius 3 is 2.62 bits per heavy atom. The molecular weight excluding hydrogens is 202 g/mol. The molecule has 0 bridgehead atoms. The minimum Gasteiger partial charge on any atom is -0.478 e. The highest BCUT2D eigenvalue weighted by molar-refractivity contribution is 5.87. The first-order valence-electron chi connectivity index (χ1n) is 5.72. The van der Waals surface area contributed by atoms with Crippen molar-refractivity contribution in [3.63, 3.8) is 0 Å². The van der Waals surface area contributed by atoms with E-state index in [-0.39, 0.29) is 0 Å². The second-order valence-electron chi connectivity index (χ2n) is 4.50. The molecule has 2 N–H and O–H groups in total. The molecule has 2 rings (SSSR count). The molecule has 0 aliphatic carbocycles. The molecule has 1 aromatic carbocycles. The SMILES string of the molecule is CC1CCNCC1c1ccc(C(=O)O)cc1. The fraction of sp³-hybridized carbons (Fsp3) is 0.462. The average Bonchev–Trinajstić information content (AvgIpc) is 2.30. The van der Waals surface area contributed by atoms with Gasteiger partial charge in [-0.05, 0) is 42.5 Å². The van der Waals surface area contributed by atoms with Crippen LogP contribution in [0.5, 0.6) is 0 Å². The second kappa shape index (κ2) is 4.66. The van der Waals surface area contributed by atoms with Crippen LogP contribution in [0, 0.1) is 5.92 Å². The predicted molar refractivity (Wildman–Crippen MR) is 62.8 cm³/mol. The predicted octanol–water partition coefficient (Wildman–Crippen LogP) is 2.10. The van der Waals surface area contributed by atoms with Crippen LogP contribution in [0.1, 0.15) is 35.2 Å². The fourth-order valence-electron chi connectivity index (χ4n) is 2.31. The van der Waals surface area contributed by atoms with Gasteiger partial charge < -0.3 is 10.4 Å². The van der Waals surface area contributed by atoms with E-state index in [1.165, 1.54) is 12.0 Å². The first-order valence-corrected chi connectivity index (χ1v) is 5.72. The topological polar surface area (TPSA) is 49.3 Å². The summed E-state index contributed by atoms with van der Waals surface area (Å²) in [5, 5.41) is 12.2. The van der Waals surface area contributed by atoms with Gasteiger partial charge in [-0.15, -0.1) is 0 Å². The number of hydrogen-bond donors (Lipinski definition) is 2. The van der Waals surface area contributed by atoms with Gasteiger partial charge in [0.25, 0.3) is 0 Å². The molecule has 1 heterocycles. The van der Waals surface area contributed by atoms with Gasteiger partial charge in [0.05, 0.1) is 5.56 Å². The van der Waals surface area contributed by atoms with Crippen molar-refractivity contribution < 1.29 is 9.90 Å². The van der Waals surface area contributed by atoms with Crippen molar-refractivity contribution in [2.24, 2.45) is 5.92 Å². The Labute approximate surface area is 95.5 Å². The molecule has 2 unspecified atom stereocenters. The molecule has 1 fully saturated rings.